The van der Waals surface area contributed by atoms with Gasteiger partial charge in [0.15, 0.2) is 0 Å². The van der Waals surface area contributed by atoms with E-state index >= 15 is 0 Å². The smallest absolute Gasteiger partial charge is 0.414 e. The highest BCUT2D eigenvalue weighted by Gasteiger charge is 2.24. The van der Waals surface area contributed by atoms with E-state index in [1.807, 2.05) is 0 Å². The van der Waals surface area contributed by atoms with E-state index in [9.17, 15) is 14.7 Å². The fourth-order valence-electron chi connectivity index (χ4n) is 2.10. The molecule has 0 unspecified atom stereocenters. The molecule has 0 bridgehead atoms. The lowest BCUT2D eigenvalue weighted by Gasteiger charge is -2.23. The van der Waals surface area contributed by atoms with Crippen molar-refractivity contribution >= 4 is 30.4 Å². The monoisotopic (exact) mass is 335 g/mol. The van der Waals surface area contributed by atoms with Gasteiger partial charge in [-0.1, -0.05) is 6.07 Å². The van der Waals surface area contributed by atoms with Gasteiger partial charge in [0, 0.05) is 5.75 Å². The van der Waals surface area contributed by atoms with Gasteiger partial charge in [-0.2, -0.15) is 12.6 Å². The van der Waals surface area contributed by atoms with Crippen LogP contribution >= 0.6 is 12.6 Å². The molecular weight excluding hydrogens is 318 g/mol. The summed E-state index contributed by atoms with van der Waals surface area (Å²) in [7, 11) is 0. The fourth-order valence-corrected chi connectivity index (χ4v) is 2.29. The summed E-state index contributed by atoms with van der Waals surface area (Å²) in [5, 5.41) is 9.45. The number of ether oxygens (including phenoxy) is 1. The zero-order valence-corrected chi connectivity index (χ0v) is 13.5. The van der Waals surface area contributed by atoms with Crippen molar-refractivity contribution in [3.8, 4) is 0 Å². The Kier molecular flexibility index (Phi) is 5.70. The third kappa shape index (κ3) is 4.07. The molecule has 0 saturated carbocycles. The summed E-state index contributed by atoms with van der Waals surface area (Å²) in [6.45, 7) is 1.95. The lowest BCUT2D eigenvalue weighted by Crippen LogP contribution is -2.32. The number of hydrogen-bond donors (Lipinski definition) is 2. The number of carbonyl (C=O) groups is 2. The van der Waals surface area contributed by atoms with Crippen molar-refractivity contribution in [2.45, 2.75) is 19.2 Å². The molecule has 0 atom stereocenters. The quantitative estimate of drug-likeness (QED) is 0.789. The zero-order valence-electron chi connectivity index (χ0n) is 12.6. The minimum absolute atomic E-state index is 0.0103. The average Bonchev–Trinajstić information content (AvgIpc) is 3.05. The highest BCUT2D eigenvalue weighted by molar-refractivity contribution is 7.79. The third-order valence-corrected chi connectivity index (χ3v) is 3.51. The van der Waals surface area contributed by atoms with Crippen LogP contribution in [0.5, 0.6) is 0 Å². The Bertz CT molecular complexity index is 684. The lowest BCUT2D eigenvalue weighted by atomic mass is 10.1. The maximum Gasteiger partial charge on any atom is 0.414 e. The molecule has 1 aromatic carbocycles. The van der Waals surface area contributed by atoms with Gasteiger partial charge < -0.3 is 14.3 Å². The van der Waals surface area contributed by atoms with Crippen LogP contribution in [0.3, 0.4) is 0 Å². The van der Waals surface area contributed by atoms with Gasteiger partial charge in [-0.3, -0.25) is 4.90 Å². The van der Waals surface area contributed by atoms with Crippen LogP contribution in [0.4, 0.5) is 10.5 Å². The fraction of sp³-hybridized carbons (Fsp3) is 0.250. The average molecular weight is 335 g/mol. The minimum Gasteiger partial charge on any atom is -0.478 e. The largest absolute Gasteiger partial charge is 0.478 e. The number of rotatable bonds is 6. The molecule has 0 aliphatic rings. The maximum absolute atomic E-state index is 12.3. The van der Waals surface area contributed by atoms with Crippen LogP contribution in [0.15, 0.2) is 41.0 Å². The number of amides is 1. The topological polar surface area (TPSA) is 80.0 Å². The van der Waals surface area contributed by atoms with E-state index in [0.717, 1.165) is 5.56 Å². The van der Waals surface area contributed by atoms with Crippen LogP contribution in [-0.2, 0) is 17.0 Å². The Hall–Kier alpha value is -2.41. The van der Waals surface area contributed by atoms with E-state index in [2.05, 4.69) is 12.6 Å². The first-order valence-corrected chi connectivity index (χ1v) is 7.63. The molecule has 122 valence electrons. The molecule has 1 amide bonds. The molecule has 0 radical (unpaired) electrons. The molecule has 1 N–H and O–H groups in total. The van der Waals surface area contributed by atoms with Crippen molar-refractivity contribution in [3.63, 3.8) is 0 Å². The van der Waals surface area contributed by atoms with E-state index in [1.165, 1.54) is 17.2 Å². The van der Waals surface area contributed by atoms with Crippen LogP contribution in [0.25, 0.3) is 0 Å². The van der Waals surface area contributed by atoms with Crippen molar-refractivity contribution in [1.82, 2.24) is 0 Å². The second-order valence-electron chi connectivity index (χ2n) is 4.68. The minimum atomic E-state index is -1.13. The summed E-state index contributed by atoms with van der Waals surface area (Å²) in [6.07, 6.45) is 0.853. The summed E-state index contributed by atoms with van der Waals surface area (Å²) >= 11 is 4.14. The first kappa shape index (κ1) is 17.0. The van der Waals surface area contributed by atoms with Crippen LogP contribution in [-0.4, -0.2) is 23.8 Å². The predicted octanol–water partition coefficient (Wildman–Crippen LogP) is 3.57. The lowest BCUT2D eigenvalue weighted by molar-refractivity contribution is 0.0697. The number of carboxylic acid groups (broad SMARTS) is 1. The second-order valence-corrected chi connectivity index (χ2v) is 5.00. The van der Waals surface area contributed by atoms with Crippen LogP contribution < -0.4 is 4.90 Å². The standard InChI is InChI=1S/C16H17NO5S/c1-2-21-16(20)17(9-12-4-3-7-22-12)14-6-5-11(10-23)8-13(14)15(18)19/h3-8,23H,2,9-10H2,1H3,(H,18,19). The number of carboxylic acids is 1. The number of carbonyl (C=O) groups excluding carboxylic acids is 1. The molecule has 2 rings (SSSR count). The van der Waals surface area contributed by atoms with Crippen molar-refractivity contribution in [2.24, 2.45) is 0 Å². The van der Waals surface area contributed by atoms with Gasteiger partial charge in [0.1, 0.15) is 5.76 Å². The number of anilines is 1. The molecular formula is C16H17NO5S. The summed E-state index contributed by atoms with van der Waals surface area (Å²) in [5.74, 6) is -0.206. The summed E-state index contributed by atoms with van der Waals surface area (Å²) in [5.41, 5.74) is 1.00. The molecule has 23 heavy (non-hydrogen) atoms. The Morgan fingerprint density at radius 2 is 2.13 bits per heavy atom. The van der Waals surface area contributed by atoms with E-state index in [4.69, 9.17) is 9.15 Å². The van der Waals surface area contributed by atoms with Crippen LogP contribution in [0.2, 0.25) is 0 Å². The van der Waals surface area contributed by atoms with E-state index in [1.54, 1.807) is 31.2 Å². The van der Waals surface area contributed by atoms with Gasteiger partial charge >= 0.3 is 12.1 Å². The highest BCUT2D eigenvalue weighted by Crippen LogP contribution is 2.26. The predicted molar refractivity (Wildman–Crippen MR) is 88.0 cm³/mol. The summed E-state index contributed by atoms with van der Waals surface area (Å²) in [6, 6.07) is 8.20. The van der Waals surface area contributed by atoms with E-state index < -0.39 is 12.1 Å². The van der Waals surface area contributed by atoms with Crippen LogP contribution in [0, 0.1) is 0 Å². The summed E-state index contributed by atoms with van der Waals surface area (Å²) in [4.78, 5) is 25.0. The van der Waals surface area contributed by atoms with Crippen LogP contribution in [0.1, 0.15) is 28.6 Å². The molecule has 1 heterocycles. The number of furan rings is 1. The second kappa shape index (κ2) is 7.73. The number of benzene rings is 1. The van der Waals surface area contributed by atoms with Crippen molar-refractivity contribution < 1.29 is 23.8 Å². The molecule has 0 aliphatic heterocycles. The van der Waals surface area contributed by atoms with Gasteiger partial charge in [-0.05, 0) is 36.8 Å². The van der Waals surface area contributed by atoms with Crippen molar-refractivity contribution in [3.05, 3.63) is 53.5 Å². The van der Waals surface area contributed by atoms with Gasteiger partial charge in [0.05, 0.1) is 30.7 Å². The Balaban J connectivity index is 2.45. The molecule has 1 aromatic heterocycles. The molecule has 2 aromatic rings. The van der Waals surface area contributed by atoms with Gasteiger partial charge in [0.25, 0.3) is 0 Å². The van der Waals surface area contributed by atoms with E-state index in [0.29, 0.717) is 11.5 Å². The van der Waals surface area contributed by atoms with Gasteiger partial charge in [0.2, 0.25) is 0 Å². The number of aromatic carboxylic acids is 1. The number of nitrogens with zero attached hydrogens (tertiary/aromatic N) is 1. The first-order chi connectivity index (χ1) is 11.1. The SMILES string of the molecule is CCOC(=O)N(Cc1ccco1)c1ccc(CS)cc1C(=O)O. The molecule has 6 nitrogen and oxygen atoms in total. The highest BCUT2D eigenvalue weighted by atomic mass is 32.1. The molecule has 0 spiro atoms. The maximum atomic E-state index is 12.3. The van der Waals surface area contributed by atoms with Crippen molar-refractivity contribution in [1.29, 1.82) is 0 Å². The number of hydrogen-bond acceptors (Lipinski definition) is 5. The molecule has 0 saturated heterocycles. The Morgan fingerprint density at radius 3 is 2.70 bits per heavy atom. The molecule has 0 aliphatic carbocycles. The van der Waals surface area contributed by atoms with Gasteiger partial charge in [-0.15, -0.1) is 0 Å². The summed E-state index contributed by atoms with van der Waals surface area (Å²) < 4.78 is 10.3. The third-order valence-electron chi connectivity index (χ3n) is 3.15. The normalized spacial score (nSPS) is 10.3. The van der Waals surface area contributed by atoms with Crippen molar-refractivity contribution in [2.75, 3.05) is 11.5 Å². The molecule has 7 heteroatoms. The zero-order chi connectivity index (χ0) is 16.8. The first-order valence-electron chi connectivity index (χ1n) is 7.00. The number of thiol groups is 1. The van der Waals surface area contributed by atoms with Gasteiger partial charge in [-0.25, -0.2) is 9.59 Å². The van der Waals surface area contributed by atoms with E-state index in [-0.39, 0.29) is 24.4 Å². The Morgan fingerprint density at radius 1 is 1.35 bits per heavy atom. The Labute approximate surface area is 139 Å². The molecule has 0 fully saturated rings.